The molecule has 1 rings (SSSR count). The van der Waals surface area contributed by atoms with Crippen LogP contribution in [0, 0.1) is 0 Å². The van der Waals surface area contributed by atoms with E-state index >= 15 is 0 Å². The van der Waals surface area contributed by atoms with E-state index in [9.17, 15) is 0 Å². The van der Waals surface area contributed by atoms with E-state index in [0.717, 1.165) is 23.9 Å². The summed E-state index contributed by atoms with van der Waals surface area (Å²) in [6.45, 7) is 0.778. The smallest absolute Gasteiger partial charge is 0.143 e. The summed E-state index contributed by atoms with van der Waals surface area (Å²) in [7, 11) is 1.70. The minimum Gasteiger partial charge on any atom is -0.385 e. The van der Waals surface area contributed by atoms with Crippen LogP contribution in [0.4, 0.5) is 0 Å². The van der Waals surface area contributed by atoms with Gasteiger partial charge in [-0.15, -0.1) is 0 Å². The van der Waals surface area contributed by atoms with E-state index in [4.69, 9.17) is 16.3 Å². The number of hydrogen-bond donors (Lipinski definition) is 0. The molecule has 0 aliphatic rings. The summed E-state index contributed by atoms with van der Waals surface area (Å²) in [6, 6.07) is 1.99. The Bertz CT molecular complexity index is 280. The van der Waals surface area contributed by atoms with Gasteiger partial charge in [0.2, 0.25) is 0 Å². The summed E-state index contributed by atoms with van der Waals surface area (Å²) in [5.74, 6) is 0. The quantitative estimate of drug-likeness (QED) is 0.616. The first-order valence-electron chi connectivity index (χ1n) is 4.03. The van der Waals surface area contributed by atoms with Gasteiger partial charge in [-0.1, -0.05) is 11.6 Å². The van der Waals surface area contributed by atoms with Crippen molar-refractivity contribution in [3.63, 3.8) is 0 Å². The van der Waals surface area contributed by atoms with E-state index in [1.165, 1.54) is 5.56 Å². The maximum absolute atomic E-state index is 5.76. The maximum Gasteiger partial charge on any atom is 0.143 e. The molecule has 2 nitrogen and oxygen atoms in total. The summed E-state index contributed by atoms with van der Waals surface area (Å²) >= 11 is 9.09. The highest BCUT2D eigenvalue weighted by Gasteiger charge is 1.99. The third-order valence-corrected chi connectivity index (χ3v) is 2.80. The molecule has 0 saturated carbocycles. The van der Waals surface area contributed by atoms with Crippen molar-refractivity contribution in [2.75, 3.05) is 13.7 Å². The van der Waals surface area contributed by atoms with E-state index in [0.29, 0.717) is 5.15 Å². The van der Waals surface area contributed by atoms with Crippen LogP contribution in [0.15, 0.2) is 16.7 Å². The Morgan fingerprint density at radius 1 is 1.62 bits per heavy atom. The highest BCUT2D eigenvalue weighted by Crippen LogP contribution is 2.20. The zero-order valence-corrected chi connectivity index (χ0v) is 9.73. The highest BCUT2D eigenvalue weighted by molar-refractivity contribution is 9.10. The minimum absolute atomic E-state index is 0.510. The lowest BCUT2D eigenvalue weighted by atomic mass is 10.2. The average molecular weight is 265 g/mol. The van der Waals surface area contributed by atoms with Crippen LogP contribution < -0.4 is 0 Å². The first-order chi connectivity index (χ1) is 6.24. The molecule has 0 unspecified atom stereocenters. The first-order valence-corrected chi connectivity index (χ1v) is 5.20. The average Bonchev–Trinajstić information content (AvgIpc) is 2.12. The third-order valence-electron chi connectivity index (χ3n) is 1.67. The Morgan fingerprint density at radius 2 is 2.38 bits per heavy atom. The van der Waals surface area contributed by atoms with Crippen molar-refractivity contribution in [3.8, 4) is 0 Å². The Labute approximate surface area is 91.4 Å². The maximum atomic E-state index is 5.76. The van der Waals surface area contributed by atoms with Crippen LogP contribution in [-0.2, 0) is 11.2 Å². The molecular formula is C9H11BrClNO. The van der Waals surface area contributed by atoms with Crippen molar-refractivity contribution in [1.29, 1.82) is 0 Å². The van der Waals surface area contributed by atoms with Crippen LogP contribution in [0.25, 0.3) is 0 Å². The number of aromatic nitrogens is 1. The lowest BCUT2D eigenvalue weighted by molar-refractivity contribution is 0.195. The molecule has 0 bridgehead atoms. The number of nitrogens with zero attached hydrogens (tertiary/aromatic N) is 1. The highest BCUT2D eigenvalue weighted by atomic mass is 79.9. The van der Waals surface area contributed by atoms with Gasteiger partial charge in [-0.2, -0.15) is 0 Å². The van der Waals surface area contributed by atoms with Crippen molar-refractivity contribution in [1.82, 2.24) is 4.98 Å². The summed E-state index contributed by atoms with van der Waals surface area (Å²) in [5.41, 5.74) is 1.17. The van der Waals surface area contributed by atoms with E-state index < -0.39 is 0 Å². The van der Waals surface area contributed by atoms with Gasteiger partial charge >= 0.3 is 0 Å². The third kappa shape index (κ3) is 3.63. The molecule has 1 aromatic heterocycles. The van der Waals surface area contributed by atoms with Crippen LogP contribution in [0.3, 0.4) is 0 Å². The fraction of sp³-hybridized carbons (Fsp3) is 0.444. The molecule has 4 heteroatoms. The van der Waals surface area contributed by atoms with Crippen LogP contribution in [0.1, 0.15) is 12.0 Å². The lowest BCUT2D eigenvalue weighted by Crippen LogP contribution is -1.93. The van der Waals surface area contributed by atoms with Crippen molar-refractivity contribution < 1.29 is 4.74 Å². The number of halogens is 2. The Kier molecular flexibility index (Phi) is 4.70. The predicted octanol–water partition coefficient (Wildman–Crippen LogP) is 3.08. The van der Waals surface area contributed by atoms with E-state index in [2.05, 4.69) is 20.9 Å². The van der Waals surface area contributed by atoms with Crippen molar-refractivity contribution in [2.45, 2.75) is 12.8 Å². The number of rotatable bonds is 4. The fourth-order valence-electron chi connectivity index (χ4n) is 1.02. The number of hydrogen-bond acceptors (Lipinski definition) is 2. The second-order valence-corrected chi connectivity index (χ2v) is 3.92. The van der Waals surface area contributed by atoms with Gasteiger partial charge in [-0.05, 0) is 40.4 Å². The molecule has 0 N–H and O–H groups in total. The van der Waals surface area contributed by atoms with Gasteiger partial charge in [-0.25, -0.2) is 4.98 Å². The fourth-order valence-corrected chi connectivity index (χ4v) is 1.52. The van der Waals surface area contributed by atoms with Gasteiger partial charge in [0.05, 0.1) is 4.47 Å². The molecule has 0 aliphatic heterocycles. The molecule has 0 aliphatic carbocycles. The molecule has 0 radical (unpaired) electrons. The molecule has 1 heterocycles. The summed E-state index contributed by atoms with van der Waals surface area (Å²) in [4.78, 5) is 4.04. The molecule has 1 aromatic rings. The SMILES string of the molecule is COCCCc1cnc(Cl)c(Br)c1. The molecule has 72 valence electrons. The summed E-state index contributed by atoms with van der Waals surface area (Å²) in [5, 5.41) is 0.510. The number of aryl methyl sites for hydroxylation is 1. The Balaban J connectivity index is 2.53. The minimum atomic E-state index is 0.510. The number of ether oxygens (including phenoxy) is 1. The van der Waals surface area contributed by atoms with Gasteiger partial charge < -0.3 is 4.74 Å². The predicted molar refractivity (Wildman–Crippen MR) is 57.1 cm³/mol. The molecular weight excluding hydrogens is 253 g/mol. The monoisotopic (exact) mass is 263 g/mol. The number of methoxy groups -OCH3 is 1. The number of pyridine rings is 1. The van der Waals surface area contributed by atoms with E-state index in [-0.39, 0.29) is 0 Å². The first kappa shape index (κ1) is 11.0. The Hall–Kier alpha value is -0.120. The van der Waals surface area contributed by atoms with Crippen LogP contribution in [0.2, 0.25) is 5.15 Å². The van der Waals surface area contributed by atoms with Crippen LogP contribution in [0.5, 0.6) is 0 Å². The molecule has 0 aromatic carbocycles. The topological polar surface area (TPSA) is 22.1 Å². The molecule has 0 fully saturated rings. The second kappa shape index (κ2) is 5.58. The van der Waals surface area contributed by atoms with E-state index in [1.807, 2.05) is 6.07 Å². The van der Waals surface area contributed by atoms with Gasteiger partial charge in [-0.3, -0.25) is 0 Å². The van der Waals surface area contributed by atoms with Gasteiger partial charge in [0, 0.05) is 19.9 Å². The Morgan fingerprint density at radius 3 is 3.00 bits per heavy atom. The lowest BCUT2D eigenvalue weighted by Gasteiger charge is -2.01. The molecule has 0 atom stereocenters. The molecule has 0 spiro atoms. The van der Waals surface area contributed by atoms with Crippen molar-refractivity contribution in [3.05, 3.63) is 27.5 Å². The van der Waals surface area contributed by atoms with Crippen molar-refractivity contribution >= 4 is 27.5 Å². The van der Waals surface area contributed by atoms with Gasteiger partial charge in [0.25, 0.3) is 0 Å². The molecule has 13 heavy (non-hydrogen) atoms. The summed E-state index contributed by atoms with van der Waals surface area (Å²) in [6.07, 6.45) is 3.77. The van der Waals surface area contributed by atoms with Gasteiger partial charge in [0.1, 0.15) is 5.15 Å². The van der Waals surface area contributed by atoms with Crippen LogP contribution in [-0.4, -0.2) is 18.7 Å². The van der Waals surface area contributed by atoms with Gasteiger partial charge in [0.15, 0.2) is 0 Å². The molecule has 0 amide bonds. The van der Waals surface area contributed by atoms with Crippen LogP contribution >= 0.6 is 27.5 Å². The summed E-state index contributed by atoms with van der Waals surface area (Å²) < 4.78 is 5.81. The largest absolute Gasteiger partial charge is 0.385 e. The zero-order chi connectivity index (χ0) is 9.68. The normalized spacial score (nSPS) is 10.4. The molecule has 0 saturated heterocycles. The zero-order valence-electron chi connectivity index (χ0n) is 7.39. The van der Waals surface area contributed by atoms with E-state index in [1.54, 1.807) is 13.3 Å². The van der Waals surface area contributed by atoms with Crippen molar-refractivity contribution in [2.24, 2.45) is 0 Å². The second-order valence-electron chi connectivity index (χ2n) is 2.71. The standard InChI is InChI=1S/C9H11BrClNO/c1-13-4-2-3-7-5-8(10)9(11)12-6-7/h5-6H,2-4H2,1H3.